The Morgan fingerprint density at radius 3 is 0.752 bits per heavy atom. The van der Waals surface area contributed by atoms with Gasteiger partial charge in [-0.1, -0.05) is 382 Å². The van der Waals surface area contributed by atoms with Crippen LogP contribution in [0.5, 0.6) is 0 Å². The number of aliphatic hydroxyl groups is 1. The van der Waals surface area contributed by atoms with Crippen molar-refractivity contribution in [1.82, 2.24) is 0 Å². The van der Waals surface area contributed by atoms with E-state index in [0.717, 1.165) is 102 Å². The highest BCUT2D eigenvalue weighted by Gasteiger charge is 2.30. The largest absolute Gasteiger partial charge is 0.472 e. The summed E-state index contributed by atoms with van der Waals surface area (Å²) in [4.78, 5) is 73.0. The molecule has 0 aromatic carbocycles. The van der Waals surface area contributed by atoms with Crippen molar-refractivity contribution in [2.75, 3.05) is 39.6 Å². The molecule has 0 aliphatic carbocycles. The Balaban J connectivity index is 5.22. The van der Waals surface area contributed by atoms with Crippen LogP contribution in [0.4, 0.5) is 0 Å². The average Bonchev–Trinajstić information content (AvgIpc) is 0.939. The minimum Gasteiger partial charge on any atom is -0.462 e. The lowest BCUT2D eigenvalue weighted by Gasteiger charge is -2.21. The predicted molar refractivity (Wildman–Crippen MR) is 414 cm³/mol. The van der Waals surface area contributed by atoms with Crippen molar-refractivity contribution < 1.29 is 80.2 Å². The second kappa shape index (κ2) is 73.6. The molecule has 0 saturated heterocycles. The number of rotatable bonds is 81. The number of phosphoric acid groups is 2. The minimum absolute atomic E-state index is 0.108. The molecule has 0 bridgehead atoms. The van der Waals surface area contributed by atoms with E-state index in [4.69, 9.17) is 37.0 Å². The van der Waals surface area contributed by atoms with Crippen molar-refractivity contribution in [3.8, 4) is 0 Å². The third kappa shape index (κ3) is 74.7. The SMILES string of the molecule is CCCCCCCCCCCCCCCCC(=O)OC[C@H](COP(=O)(O)OC[C@@H](O)COP(=O)(O)OC[C@@H](COC(=O)CCCCCCCCCCC(C)C)OC(=O)CCCCCCCCCCCCCCCC)OC(=O)CCCCCCCCCCCCCCCCCCCCC(C)CC. The van der Waals surface area contributed by atoms with Crippen molar-refractivity contribution in [2.45, 2.75) is 452 Å². The molecule has 0 aromatic rings. The third-order valence-corrected chi connectivity index (χ3v) is 21.5. The summed E-state index contributed by atoms with van der Waals surface area (Å²) in [6.07, 6.45) is 63.8. The molecule has 0 aliphatic heterocycles. The molecule has 0 saturated carbocycles. The number of carbonyl (C=O) groups excluding carboxylic acids is 4. The van der Waals surface area contributed by atoms with Crippen LogP contribution in [0, 0.1) is 11.8 Å². The van der Waals surface area contributed by atoms with Gasteiger partial charge in [-0.3, -0.25) is 37.3 Å². The van der Waals surface area contributed by atoms with E-state index in [-0.39, 0.29) is 25.7 Å². The van der Waals surface area contributed by atoms with Gasteiger partial charge in [0.25, 0.3) is 0 Å². The lowest BCUT2D eigenvalue weighted by atomic mass is 9.99. The third-order valence-electron chi connectivity index (χ3n) is 19.6. The zero-order valence-corrected chi connectivity index (χ0v) is 68.0. The molecule has 19 heteroatoms. The van der Waals surface area contributed by atoms with Gasteiger partial charge in [-0.2, -0.15) is 0 Å². The van der Waals surface area contributed by atoms with Crippen LogP contribution in [-0.2, 0) is 65.4 Å². The van der Waals surface area contributed by atoms with Crippen molar-refractivity contribution in [2.24, 2.45) is 11.8 Å². The number of phosphoric ester groups is 2. The highest BCUT2D eigenvalue weighted by atomic mass is 31.2. The predicted octanol–water partition coefficient (Wildman–Crippen LogP) is 24.7. The topological polar surface area (TPSA) is 237 Å². The lowest BCUT2D eigenvalue weighted by molar-refractivity contribution is -0.161. The Hall–Kier alpha value is -1.94. The molecule has 0 aliphatic rings. The Morgan fingerprint density at radius 1 is 0.287 bits per heavy atom. The van der Waals surface area contributed by atoms with Crippen LogP contribution in [0.1, 0.15) is 433 Å². The maximum Gasteiger partial charge on any atom is 0.472 e. The van der Waals surface area contributed by atoms with E-state index in [2.05, 4.69) is 41.5 Å². The molecule has 0 spiro atoms. The second-order valence-electron chi connectivity index (χ2n) is 30.2. The molecule has 0 amide bonds. The van der Waals surface area contributed by atoms with Gasteiger partial charge in [-0.15, -0.1) is 0 Å². The number of aliphatic hydroxyl groups excluding tert-OH is 1. The van der Waals surface area contributed by atoms with E-state index >= 15 is 0 Å². The first kappa shape index (κ1) is 99.1. The van der Waals surface area contributed by atoms with E-state index in [0.29, 0.717) is 25.7 Å². The number of hydrogen-bond acceptors (Lipinski definition) is 15. The fourth-order valence-corrected chi connectivity index (χ4v) is 14.3. The van der Waals surface area contributed by atoms with E-state index in [9.17, 15) is 43.2 Å². The quantitative estimate of drug-likeness (QED) is 0.0222. The molecular formula is C82H160O17P2. The van der Waals surface area contributed by atoms with Crippen molar-refractivity contribution >= 4 is 39.5 Å². The molecule has 3 unspecified atom stereocenters. The smallest absolute Gasteiger partial charge is 0.462 e. The summed E-state index contributed by atoms with van der Waals surface area (Å²) in [6.45, 7) is 9.68. The number of carbonyl (C=O) groups is 4. The van der Waals surface area contributed by atoms with Gasteiger partial charge in [0.1, 0.15) is 19.3 Å². The molecule has 101 heavy (non-hydrogen) atoms. The van der Waals surface area contributed by atoms with Gasteiger partial charge in [0, 0.05) is 25.7 Å². The summed E-state index contributed by atoms with van der Waals surface area (Å²) in [5.41, 5.74) is 0. The molecular weight excluding hydrogens is 1320 g/mol. The molecule has 600 valence electrons. The van der Waals surface area contributed by atoms with E-state index in [1.165, 1.54) is 250 Å². The fraction of sp³-hybridized carbons (Fsp3) is 0.951. The first-order valence-electron chi connectivity index (χ1n) is 42.5. The maximum absolute atomic E-state index is 13.1. The van der Waals surface area contributed by atoms with Crippen molar-refractivity contribution in [1.29, 1.82) is 0 Å². The van der Waals surface area contributed by atoms with Gasteiger partial charge < -0.3 is 33.8 Å². The second-order valence-corrected chi connectivity index (χ2v) is 33.1. The average molecular weight is 1480 g/mol. The van der Waals surface area contributed by atoms with Crippen LogP contribution in [0.3, 0.4) is 0 Å². The summed E-state index contributed by atoms with van der Waals surface area (Å²) in [7, 11) is -9.92. The van der Waals surface area contributed by atoms with Gasteiger partial charge in [-0.05, 0) is 37.5 Å². The first-order chi connectivity index (χ1) is 48.9. The number of hydrogen-bond donors (Lipinski definition) is 3. The molecule has 0 heterocycles. The monoisotopic (exact) mass is 1480 g/mol. The molecule has 3 N–H and O–H groups in total. The van der Waals surface area contributed by atoms with Crippen LogP contribution in [0.2, 0.25) is 0 Å². The number of ether oxygens (including phenoxy) is 4. The Labute approximate surface area is 619 Å². The van der Waals surface area contributed by atoms with Gasteiger partial charge >= 0.3 is 39.5 Å². The van der Waals surface area contributed by atoms with Crippen LogP contribution < -0.4 is 0 Å². The minimum atomic E-state index is -4.96. The van der Waals surface area contributed by atoms with Crippen molar-refractivity contribution in [3.05, 3.63) is 0 Å². The standard InChI is InChI=1S/C82H160O17P2/c1-7-10-12-14-16-18-20-22-31-35-39-46-52-58-64-79(84)92-70-77(98-82(87)67-61-55-49-41-37-33-29-27-25-24-26-28-30-34-38-45-51-57-63-75(6)9-3)72-96-100(88,89)94-68-76(83)69-95-101(90,91)97-73-78(71-93-80(85)65-59-53-47-43-42-44-50-56-62-74(4)5)99-81(86)66-60-54-48-40-36-32-23-21-19-17-15-13-11-8-2/h74-78,83H,7-73H2,1-6H3,(H,88,89)(H,90,91)/t75?,76-,77-,78-/m1/s1. The zero-order valence-electron chi connectivity index (χ0n) is 66.2. The fourth-order valence-electron chi connectivity index (χ4n) is 12.7. The summed E-state index contributed by atoms with van der Waals surface area (Å²) in [6, 6.07) is 0. The highest BCUT2D eigenvalue weighted by molar-refractivity contribution is 7.47. The lowest BCUT2D eigenvalue weighted by Crippen LogP contribution is -2.30. The Bertz CT molecular complexity index is 1940. The highest BCUT2D eigenvalue weighted by Crippen LogP contribution is 2.45. The van der Waals surface area contributed by atoms with Crippen LogP contribution in [0.25, 0.3) is 0 Å². The molecule has 0 rings (SSSR count). The van der Waals surface area contributed by atoms with Gasteiger partial charge in [0.15, 0.2) is 12.2 Å². The normalized spacial score (nSPS) is 14.2. The van der Waals surface area contributed by atoms with Crippen LogP contribution in [-0.4, -0.2) is 96.7 Å². The first-order valence-corrected chi connectivity index (χ1v) is 45.5. The molecule has 0 aromatic heterocycles. The van der Waals surface area contributed by atoms with E-state index in [1.807, 2.05) is 0 Å². The van der Waals surface area contributed by atoms with Gasteiger partial charge in [-0.25, -0.2) is 9.13 Å². The summed E-state index contributed by atoms with van der Waals surface area (Å²) >= 11 is 0. The molecule has 17 nitrogen and oxygen atoms in total. The molecule has 0 fully saturated rings. The molecule has 6 atom stereocenters. The Morgan fingerprint density at radius 2 is 0.505 bits per heavy atom. The van der Waals surface area contributed by atoms with E-state index in [1.54, 1.807) is 0 Å². The summed E-state index contributed by atoms with van der Waals surface area (Å²) in [5.74, 6) is -0.509. The van der Waals surface area contributed by atoms with Crippen LogP contribution >= 0.6 is 15.6 Å². The van der Waals surface area contributed by atoms with E-state index < -0.39 is 97.5 Å². The maximum atomic E-state index is 13.1. The van der Waals surface area contributed by atoms with Gasteiger partial charge in [0.05, 0.1) is 26.4 Å². The number of unbranched alkanes of at least 4 members (excludes halogenated alkanes) is 50. The Kier molecular flexibility index (Phi) is 72.2. The molecule has 0 radical (unpaired) electrons. The van der Waals surface area contributed by atoms with Gasteiger partial charge in [0.2, 0.25) is 0 Å². The summed E-state index contributed by atoms with van der Waals surface area (Å²) < 4.78 is 68.7. The van der Waals surface area contributed by atoms with Crippen molar-refractivity contribution in [3.63, 3.8) is 0 Å². The summed E-state index contributed by atoms with van der Waals surface area (Å²) in [5, 5.41) is 10.6. The number of esters is 4. The zero-order chi connectivity index (χ0) is 74.2. The van der Waals surface area contributed by atoms with Crippen LogP contribution in [0.15, 0.2) is 0 Å².